The molecule has 21 heavy (non-hydrogen) atoms. The quantitative estimate of drug-likeness (QED) is 0.748. The molecule has 5 heteroatoms. The second-order valence-electron chi connectivity index (χ2n) is 5.47. The zero-order valence-electron chi connectivity index (χ0n) is 13.2. The smallest absolute Gasteiger partial charge is 0.0856 e. The summed E-state index contributed by atoms with van der Waals surface area (Å²) in [5.74, 6) is 0. The maximum absolute atomic E-state index is 4.54. The van der Waals surface area contributed by atoms with Crippen molar-refractivity contribution in [1.82, 2.24) is 15.1 Å². The minimum atomic E-state index is 0.208. The van der Waals surface area contributed by atoms with E-state index >= 15 is 0 Å². The average molecular weight is 370 g/mol. The molecule has 1 N–H and O–H groups in total. The van der Waals surface area contributed by atoms with Crippen molar-refractivity contribution in [3.05, 3.63) is 38.3 Å². The van der Waals surface area contributed by atoms with Crippen molar-refractivity contribution >= 4 is 27.3 Å². The first kappa shape index (κ1) is 16.7. The maximum atomic E-state index is 4.54. The summed E-state index contributed by atoms with van der Waals surface area (Å²) in [7, 11) is 0. The Kier molecular flexibility index (Phi) is 6.02. The van der Waals surface area contributed by atoms with Gasteiger partial charge in [0.25, 0.3) is 0 Å². The standard InChI is InChI=1S/C16H24BrN3S/c1-5-8-18-14(16-12(6-2)7-9-21-16)15-13(17)10-19-20(15)11(3)4/h7,9-11,14,18H,5-6,8H2,1-4H3. The van der Waals surface area contributed by atoms with Crippen LogP contribution in [0, 0.1) is 0 Å². The van der Waals surface area contributed by atoms with E-state index in [1.807, 2.05) is 17.5 Å². The molecule has 0 saturated carbocycles. The number of aromatic nitrogens is 2. The van der Waals surface area contributed by atoms with Crippen molar-refractivity contribution in [1.29, 1.82) is 0 Å². The predicted molar refractivity (Wildman–Crippen MR) is 94.1 cm³/mol. The number of aryl methyl sites for hydroxylation is 1. The number of hydrogen-bond acceptors (Lipinski definition) is 3. The van der Waals surface area contributed by atoms with E-state index in [1.54, 1.807) is 0 Å². The molecular formula is C16H24BrN3S. The van der Waals surface area contributed by atoms with Gasteiger partial charge >= 0.3 is 0 Å². The number of nitrogens with one attached hydrogen (secondary N) is 1. The van der Waals surface area contributed by atoms with Gasteiger partial charge in [-0.05, 0) is 66.2 Å². The highest BCUT2D eigenvalue weighted by Crippen LogP contribution is 2.35. The molecule has 0 spiro atoms. The molecular weight excluding hydrogens is 346 g/mol. The van der Waals surface area contributed by atoms with E-state index < -0.39 is 0 Å². The zero-order chi connectivity index (χ0) is 15.4. The fraction of sp³-hybridized carbons (Fsp3) is 0.562. The minimum Gasteiger partial charge on any atom is -0.304 e. The highest BCUT2D eigenvalue weighted by atomic mass is 79.9. The molecule has 2 aromatic rings. The van der Waals surface area contributed by atoms with Crippen LogP contribution in [0.25, 0.3) is 0 Å². The van der Waals surface area contributed by atoms with Gasteiger partial charge < -0.3 is 5.32 Å². The summed E-state index contributed by atoms with van der Waals surface area (Å²) in [6, 6.07) is 2.80. The summed E-state index contributed by atoms with van der Waals surface area (Å²) < 4.78 is 3.21. The van der Waals surface area contributed by atoms with Gasteiger partial charge in [-0.2, -0.15) is 5.10 Å². The maximum Gasteiger partial charge on any atom is 0.0856 e. The first-order valence-corrected chi connectivity index (χ1v) is 9.29. The number of hydrogen-bond donors (Lipinski definition) is 1. The summed E-state index contributed by atoms with van der Waals surface area (Å²) in [5, 5.41) is 10.4. The summed E-state index contributed by atoms with van der Waals surface area (Å²) in [5.41, 5.74) is 2.66. The Bertz CT molecular complexity index is 574. The van der Waals surface area contributed by atoms with Gasteiger partial charge in [0.1, 0.15) is 0 Å². The Balaban J connectivity index is 2.48. The molecule has 1 atom stereocenters. The lowest BCUT2D eigenvalue weighted by atomic mass is 10.1. The first-order chi connectivity index (χ1) is 10.1. The summed E-state index contributed by atoms with van der Waals surface area (Å²) in [6.45, 7) is 9.77. The van der Waals surface area contributed by atoms with Gasteiger partial charge in [-0.15, -0.1) is 11.3 Å². The Morgan fingerprint density at radius 2 is 2.14 bits per heavy atom. The van der Waals surface area contributed by atoms with Crippen molar-refractivity contribution in [2.75, 3.05) is 6.54 Å². The van der Waals surface area contributed by atoms with Crippen molar-refractivity contribution in [2.24, 2.45) is 0 Å². The Labute approximate surface area is 139 Å². The van der Waals surface area contributed by atoms with E-state index in [9.17, 15) is 0 Å². The van der Waals surface area contributed by atoms with E-state index in [1.165, 1.54) is 16.1 Å². The Morgan fingerprint density at radius 3 is 2.76 bits per heavy atom. The van der Waals surface area contributed by atoms with Gasteiger partial charge in [0.05, 0.1) is 22.4 Å². The zero-order valence-corrected chi connectivity index (χ0v) is 15.6. The van der Waals surface area contributed by atoms with E-state index in [0.717, 1.165) is 23.9 Å². The molecule has 0 fully saturated rings. The predicted octanol–water partition coefficient (Wildman–Crippen LogP) is 4.94. The fourth-order valence-corrected chi connectivity index (χ4v) is 4.10. The van der Waals surface area contributed by atoms with Crippen LogP contribution in [0.3, 0.4) is 0 Å². The summed E-state index contributed by atoms with van der Waals surface area (Å²) >= 11 is 5.53. The number of halogens is 1. The van der Waals surface area contributed by atoms with E-state index in [4.69, 9.17) is 0 Å². The normalized spacial score (nSPS) is 13.0. The highest BCUT2D eigenvalue weighted by molar-refractivity contribution is 9.10. The second kappa shape index (κ2) is 7.56. The lowest BCUT2D eigenvalue weighted by molar-refractivity contribution is 0.472. The molecule has 0 radical (unpaired) electrons. The van der Waals surface area contributed by atoms with Crippen LogP contribution in [0.5, 0.6) is 0 Å². The molecule has 116 valence electrons. The SMILES string of the molecule is CCCNC(c1sccc1CC)c1c(Br)cnn1C(C)C. The topological polar surface area (TPSA) is 29.9 Å². The third kappa shape index (κ3) is 3.58. The van der Waals surface area contributed by atoms with Crippen LogP contribution in [-0.2, 0) is 6.42 Å². The molecule has 3 nitrogen and oxygen atoms in total. The van der Waals surface area contributed by atoms with Gasteiger partial charge in [0.2, 0.25) is 0 Å². The lowest BCUT2D eigenvalue weighted by Gasteiger charge is -2.22. The molecule has 2 heterocycles. The molecule has 0 aromatic carbocycles. The summed E-state index contributed by atoms with van der Waals surface area (Å²) in [6.07, 6.45) is 4.10. The Morgan fingerprint density at radius 1 is 1.38 bits per heavy atom. The summed E-state index contributed by atoms with van der Waals surface area (Å²) in [4.78, 5) is 1.41. The third-order valence-electron chi connectivity index (χ3n) is 3.57. The van der Waals surface area contributed by atoms with Crippen LogP contribution < -0.4 is 5.32 Å². The second-order valence-corrected chi connectivity index (χ2v) is 7.27. The molecule has 2 rings (SSSR count). The van der Waals surface area contributed by atoms with Crippen molar-refractivity contribution < 1.29 is 0 Å². The molecule has 0 aliphatic heterocycles. The number of rotatable bonds is 7. The average Bonchev–Trinajstić information content (AvgIpc) is 3.07. The van der Waals surface area contributed by atoms with Crippen molar-refractivity contribution in [3.63, 3.8) is 0 Å². The van der Waals surface area contributed by atoms with E-state index in [-0.39, 0.29) is 6.04 Å². The van der Waals surface area contributed by atoms with Gasteiger partial charge in [0.15, 0.2) is 0 Å². The van der Waals surface area contributed by atoms with E-state index in [2.05, 4.69) is 70.2 Å². The molecule has 1 unspecified atom stereocenters. The van der Waals surface area contributed by atoms with E-state index in [0.29, 0.717) is 6.04 Å². The largest absolute Gasteiger partial charge is 0.304 e. The van der Waals surface area contributed by atoms with Gasteiger partial charge in [-0.3, -0.25) is 4.68 Å². The van der Waals surface area contributed by atoms with Crippen LogP contribution >= 0.6 is 27.3 Å². The van der Waals surface area contributed by atoms with Crippen LogP contribution in [0.15, 0.2) is 22.1 Å². The minimum absolute atomic E-state index is 0.208. The number of thiophene rings is 1. The van der Waals surface area contributed by atoms with Crippen LogP contribution in [0.4, 0.5) is 0 Å². The monoisotopic (exact) mass is 369 g/mol. The Hall–Kier alpha value is -0.650. The van der Waals surface area contributed by atoms with Gasteiger partial charge in [0, 0.05) is 10.9 Å². The lowest BCUT2D eigenvalue weighted by Crippen LogP contribution is -2.26. The highest BCUT2D eigenvalue weighted by Gasteiger charge is 2.25. The molecule has 0 aliphatic rings. The van der Waals surface area contributed by atoms with Gasteiger partial charge in [-0.25, -0.2) is 0 Å². The molecule has 0 saturated heterocycles. The van der Waals surface area contributed by atoms with Gasteiger partial charge in [-0.1, -0.05) is 13.8 Å². The third-order valence-corrected chi connectivity index (χ3v) is 5.21. The molecule has 0 amide bonds. The first-order valence-electron chi connectivity index (χ1n) is 7.62. The van der Waals surface area contributed by atoms with Crippen molar-refractivity contribution in [2.45, 2.75) is 52.6 Å². The van der Waals surface area contributed by atoms with Crippen LogP contribution in [0.2, 0.25) is 0 Å². The number of nitrogens with zero attached hydrogens (tertiary/aromatic N) is 2. The van der Waals surface area contributed by atoms with Crippen LogP contribution in [0.1, 0.15) is 62.3 Å². The molecule has 0 aliphatic carbocycles. The van der Waals surface area contributed by atoms with Crippen molar-refractivity contribution in [3.8, 4) is 0 Å². The van der Waals surface area contributed by atoms with Crippen LogP contribution in [-0.4, -0.2) is 16.3 Å². The molecule has 0 bridgehead atoms. The fourth-order valence-electron chi connectivity index (χ4n) is 2.53. The molecule has 2 aromatic heterocycles.